The summed E-state index contributed by atoms with van der Waals surface area (Å²) < 4.78 is 6.59. The normalized spacial score (nSPS) is 10.8. The molecule has 0 aliphatic carbocycles. The van der Waals surface area contributed by atoms with Crippen molar-refractivity contribution < 1.29 is 14.6 Å². The molecule has 5 N–H and O–H groups in total. The van der Waals surface area contributed by atoms with Gasteiger partial charge in [-0.25, -0.2) is 14.8 Å². The Balaban J connectivity index is 1.43. The number of thiazole rings is 1. The fourth-order valence-corrected chi connectivity index (χ4v) is 4.39. The van der Waals surface area contributed by atoms with Gasteiger partial charge >= 0.3 is 6.09 Å². The molecule has 2 aromatic heterocycles. The van der Waals surface area contributed by atoms with Crippen molar-refractivity contribution in [2.24, 2.45) is 0 Å². The summed E-state index contributed by atoms with van der Waals surface area (Å²) in [6.07, 6.45) is 0.566. The monoisotopic (exact) mass is 465 g/mol. The van der Waals surface area contributed by atoms with Crippen LogP contribution in [0.1, 0.15) is 16.1 Å². The van der Waals surface area contributed by atoms with Gasteiger partial charge in [0.1, 0.15) is 17.4 Å². The van der Waals surface area contributed by atoms with E-state index in [4.69, 9.17) is 15.6 Å². The number of rotatable bonds is 8. The highest BCUT2D eigenvalue weighted by atomic mass is 32.1. The Hall–Kier alpha value is -3.99. The maximum atomic E-state index is 10.5. The first-order chi connectivity index (χ1) is 15.9. The molecule has 1 amide bonds. The second kappa shape index (κ2) is 9.65. The lowest BCUT2D eigenvalue weighted by Crippen LogP contribution is -2.26. The summed E-state index contributed by atoms with van der Waals surface area (Å²) >= 11 is 1.56. The van der Waals surface area contributed by atoms with Gasteiger partial charge in [-0.2, -0.15) is 5.10 Å². The van der Waals surface area contributed by atoms with Crippen LogP contribution in [0.4, 0.5) is 16.4 Å². The molecule has 0 aliphatic rings. The molecule has 0 aliphatic heterocycles. The summed E-state index contributed by atoms with van der Waals surface area (Å²) in [7, 11) is 0. The first-order valence-corrected chi connectivity index (χ1v) is 11.0. The van der Waals surface area contributed by atoms with Gasteiger partial charge in [-0.1, -0.05) is 0 Å². The van der Waals surface area contributed by atoms with Crippen LogP contribution < -0.4 is 21.1 Å². The number of nitrogens with one attached hydrogen (secondary N) is 2. The number of nitrogen functional groups attached to an aromatic ring is 1. The first kappa shape index (κ1) is 22.2. The van der Waals surface area contributed by atoms with Crippen LogP contribution in [0.5, 0.6) is 5.75 Å². The largest absolute Gasteiger partial charge is 0.492 e. The molecule has 11 heteroatoms. The van der Waals surface area contributed by atoms with Crippen LogP contribution >= 0.6 is 11.3 Å². The average Bonchev–Trinajstić information content (AvgIpc) is 3.17. The van der Waals surface area contributed by atoms with Crippen molar-refractivity contribution in [3.8, 4) is 17.0 Å². The van der Waals surface area contributed by atoms with Crippen molar-refractivity contribution in [2.75, 3.05) is 24.2 Å². The third-order valence-corrected chi connectivity index (χ3v) is 5.85. The molecule has 0 saturated carbocycles. The maximum Gasteiger partial charge on any atom is 0.404 e. The Labute approximate surface area is 193 Å². The van der Waals surface area contributed by atoms with Crippen LogP contribution in [0, 0.1) is 13.8 Å². The standard InChI is InChI=1S/C22H23N7O3S/c1-12-7-14(23)8-13(2)20(12)17-10-26-29-21(28-17)25-11-19-27-16-9-15(3-4-18(16)33-19)32-6-5-24-22(30)31/h3-4,7-10,24H,5-6,11,23H2,1-2H3,(H,30,31)(H,25,28,29). The zero-order valence-electron chi connectivity index (χ0n) is 18.1. The summed E-state index contributed by atoms with van der Waals surface area (Å²) in [4.78, 5) is 19.7. The van der Waals surface area contributed by atoms with Crippen LogP contribution in [0.2, 0.25) is 0 Å². The fraction of sp³-hybridized carbons (Fsp3) is 0.227. The van der Waals surface area contributed by atoms with Gasteiger partial charge in [-0.05, 0) is 49.2 Å². The zero-order chi connectivity index (χ0) is 23.4. The molecule has 33 heavy (non-hydrogen) atoms. The van der Waals surface area contributed by atoms with Gasteiger partial charge in [0.15, 0.2) is 0 Å². The molecule has 170 valence electrons. The lowest BCUT2D eigenvalue weighted by molar-refractivity contribution is 0.191. The topological polar surface area (TPSA) is 148 Å². The van der Waals surface area contributed by atoms with E-state index in [1.165, 1.54) is 0 Å². The minimum Gasteiger partial charge on any atom is -0.492 e. The Bertz CT molecular complexity index is 1290. The molecular formula is C22H23N7O3S. The number of carboxylic acid groups (broad SMARTS) is 1. The van der Waals surface area contributed by atoms with Gasteiger partial charge in [0.2, 0.25) is 5.95 Å². The molecule has 0 unspecified atom stereocenters. The molecule has 0 spiro atoms. The second-order valence-corrected chi connectivity index (χ2v) is 8.48. The predicted octanol–water partition coefficient (Wildman–Crippen LogP) is 3.61. The zero-order valence-corrected chi connectivity index (χ0v) is 18.9. The average molecular weight is 466 g/mol. The van der Waals surface area contributed by atoms with Crippen LogP contribution in [0.25, 0.3) is 21.5 Å². The molecular weight excluding hydrogens is 442 g/mol. The number of aromatic nitrogens is 4. The van der Waals surface area contributed by atoms with Crippen molar-refractivity contribution in [1.82, 2.24) is 25.5 Å². The number of hydrogen-bond acceptors (Lipinski definition) is 9. The molecule has 0 atom stereocenters. The highest BCUT2D eigenvalue weighted by Crippen LogP contribution is 2.29. The van der Waals surface area contributed by atoms with Crippen LogP contribution in [0.15, 0.2) is 36.5 Å². The number of fused-ring (bicyclic) bond motifs is 1. The maximum absolute atomic E-state index is 10.5. The summed E-state index contributed by atoms with van der Waals surface area (Å²) in [6, 6.07) is 9.44. The van der Waals surface area contributed by atoms with E-state index in [0.717, 1.165) is 43.3 Å². The van der Waals surface area contributed by atoms with Crippen LogP contribution in [0.3, 0.4) is 0 Å². The molecule has 0 bridgehead atoms. The number of ether oxygens (including phenoxy) is 1. The van der Waals surface area contributed by atoms with E-state index in [-0.39, 0.29) is 13.2 Å². The Morgan fingerprint density at radius 3 is 2.73 bits per heavy atom. The minimum atomic E-state index is -1.07. The van der Waals surface area contributed by atoms with Gasteiger partial charge in [0.25, 0.3) is 0 Å². The van der Waals surface area contributed by atoms with E-state index >= 15 is 0 Å². The summed E-state index contributed by atoms with van der Waals surface area (Å²) in [5.74, 6) is 1.05. The minimum absolute atomic E-state index is 0.210. The van der Waals surface area contributed by atoms with E-state index in [0.29, 0.717) is 18.2 Å². The molecule has 0 saturated heterocycles. The molecule has 0 fully saturated rings. The highest BCUT2D eigenvalue weighted by molar-refractivity contribution is 7.18. The third-order valence-electron chi connectivity index (χ3n) is 4.82. The lowest BCUT2D eigenvalue weighted by Gasteiger charge is -2.11. The predicted molar refractivity (Wildman–Crippen MR) is 128 cm³/mol. The van der Waals surface area contributed by atoms with E-state index in [1.54, 1.807) is 17.5 Å². The van der Waals surface area contributed by atoms with E-state index in [9.17, 15) is 4.79 Å². The Morgan fingerprint density at radius 2 is 1.97 bits per heavy atom. The smallest absolute Gasteiger partial charge is 0.404 e. The number of anilines is 2. The number of nitrogens with two attached hydrogens (primary N) is 1. The van der Waals surface area contributed by atoms with Crippen molar-refractivity contribution in [1.29, 1.82) is 0 Å². The Morgan fingerprint density at radius 1 is 1.18 bits per heavy atom. The van der Waals surface area contributed by atoms with E-state index in [2.05, 4.69) is 30.8 Å². The van der Waals surface area contributed by atoms with Crippen LogP contribution in [-0.2, 0) is 6.54 Å². The van der Waals surface area contributed by atoms with Gasteiger partial charge in [0.05, 0.1) is 35.2 Å². The Kier molecular flexibility index (Phi) is 6.50. The van der Waals surface area contributed by atoms with Crippen LogP contribution in [-0.4, -0.2) is 44.5 Å². The lowest BCUT2D eigenvalue weighted by atomic mass is 9.99. The van der Waals surface area contributed by atoms with Gasteiger partial charge in [-0.3, -0.25) is 0 Å². The van der Waals surface area contributed by atoms with Gasteiger partial charge in [0, 0.05) is 17.3 Å². The summed E-state index contributed by atoms with van der Waals surface area (Å²) in [5, 5.41) is 23.1. The number of benzene rings is 2. The van der Waals surface area contributed by atoms with E-state index < -0.39 is 6.09 Å². The molecule has 10 nitrogen and oxygen atoms in total. The van der Waals surface area contributed by atoms with Crippen molar-refractivity contribution in [3.63, 3.8) is 0 Å². The SMILES string of the molecule is Cc1cc(N)cc(C)c1-c1cnnc(NCc2nc3cc(OCCNC(=O)O)ccc3s2)n1. The molecule has 4 aromatic rings. The number of hydrogen-bond donors (Lipinski definition) is 4. The molecule has 0 radical (unpaired) electrons. The van der Waals surface area contributed by atoms with E-state index in [1.807, 2.05) is 44.2 Å². The number of aryl methyl sites for hydroxylation is 2. The van der Waals surface area contributed by atoms with Crippen molar-refractivity contribution in [3.05, 3.63) is 52.7 Å². The summed E-state index contributed by atoms with van der Waals surface area (Å²) in [5.41, 5.74) is 11.2. The number of amides is 1. The highest BCUT2D eigenvalue weighted by Gasteiger charge is 2.11. The van der Waals surface area contributed by atoms with Crippen molar-refractivity contribution >= 4 is 39.3 Å². The molecule has 2 aromatic carbocycles. The number of carbonyl (C=O) groups is 1. The molecule has 4 rings (SSSR count). The fourth-order valence-electron chi connectivity index (χ4n) is 3.50. The number of nitrogens with zero attached hydrogens (tertiary/aromatic N) is 4. The van der Waals surface area contributed by atoms with Gasteiger partial charge < -0.3 is 26.2 Å². The third kappa shape index (κ3) is 5.44. The summed E-state index contributed by atoms with van der Waals surface area (Å²) in [6.45, 7) is 4.89. The second-order valence-electron chi connectivity index (χ2n) is 7.37. The quantitative estimate of drug-likeness (QED) is 0.226. The van der Waals surface area contributed by atoms with Crippen molar-refractivity contribution in [2.45, 2.75) is 20.4 Å². The van der Waals surface area contributed by atoms with Gasteiger partial charge in [-0.15, -0.1) is 16.4 Å². The first-order valence-electron chi connectivity index (χ1n) is 10.2. The molecule has 2 heterocycles.